The third-order valence-electron chi connectivity index (χ3n) is 4.03. The van der Waals surface area contributed by atoms with Crippen LogP contribution in [0.15, 0.2) is 28.0 Å². The standard InChI is InChI=1S/C17H21N3OS2/c1-11-9-13(7-8-18-11)16(21)20-14-3-5-15(6-4-14)23-17-19-12(2)10-22-17/h7-10,14-15H,3-6H2,1-2H3,(H,20,21). The van der Waals surface area contributed by atoms with Gasteiger partial charge in [-0.15, -0.1) is 11.3 Å². The van der Waals surface area contributed by atoms with Crippen LogP contribution in [0.3, 0.4) is 0 Å². The molecule has 1 aliphatic carbocycles. The Labute approximate surface area is 145 Å². The van der Waals surface area contributed by atoms with Crippen LogP contribution in [0.1, 0.15) is 47.4 Å². The Hall–Kier alpha value is -1.40. The van der Waals surface area contributed by atoms with E-state index in [-0.39, 0.29) is 11.9 Å². The molecule has 1 N–H and O–H groups in total. The van der Waals surface area contributed by atoms with E-state index in [1.54, 1.807) is 23.6 Å². The molecule has 0 aliphatic heterocycles. The third kappa shape index (κ3) is 4.54. The zero-order valence-corrected chi connectivity index (χ0v) is 15.0. The molecular weight excluding hydrogens is 326 g/mol. The van der Waals surface area contributed by atoms with Crippen LogP contribution >= 0.6 is 23.1 Å². The number of thiazole rings is 1. The third-order valence-corrected chi connectivity index (χ3v) is 6.46. The predicted molar refractivity (Wildman–Crippen MR) is 95.2 cm³/mol. The maximum atomic E-state index is 12.3. The van der Waals surface area contributed by atoms with Gasteiger partial charge in [-0.2, -0.15) is 0 Å². The molecule has 1 saturated carbocycles. The van der Waals surface area contributed by atoms with Gasteiger partial charge in [-0.05, 0) is 51.7 Å². The molecule has 0 saturated heterocycles. The molecule has 1 aliphatic rings. The molecule has 4 nitrogen and oxygen atoms in total. The van der Waals surface area contributed by atoms with E-state index in [4.69, 9.17) is 0 Å². The van der Waals surface area contributed by atoms with Gasteiger partial charge in [0.2, 0.25) is 0 Å². The summed E-state index contributed by atoms with van der Waals surface area (Å²) in [4.78, 5) is 20.9. The van der Waals surface area contributed by atoms with E-state index in [9.17, 15) is 4.79 Å². The molecule has 122 valence electrons. The van der Waals surface area contributed by atoms with Gasteiger partial charge in [0.15, 0.2) is 0 Å². The highest BCUT2D eigenvalue weighted by Gasteiger charge is 2.24. The Bertz CT molecular complexity index is 678. The molecule has 23 heavy (non-hydrogen) atoms. The molecule has 1 fully saturated rings. The zero-order chi connectivity index (χ0) is 16.2. The van der Waals surface area contributed by atoms with Crippen LogP contribution in [0.5, 0.6) is 0 Å². The average Bonchev–Trinajstić information content (AvgIpc) is 2.94. The van der Waals surface area contributed by atoms with Crippen molar-refractivity contribution < 1.29 is 4.79 Å². The van der Waals surface area contributed by atoms with Crippen molar-refractivity contribution in [2.75, 3.05) is 0 Å². The molecule has 2 aromatic heterocycles. The summed E-state index contributed by atoms with van der Waals surface area (Å²) in [6.45, 7) is 3.94. The summed E-state index contributed by atoms with van der Waals surface area (Å²) in [7, 11) is 0. The normalized spacial score (nSPS) is 21.1. The summed E-state index contributed by atoms with van der Waals surface area (Å²) < 4.78 is 1.17. The van der Waals surface area contributed by atoms with Gasteiger partial charge in [0.05, 0.1) is 0 Å². The first-order chi connectivity index (χ1) is 11.1. The SMILES string of the molecule is Cc1cc(C(=O)NC2CCC(Sc3nc(C)cs3)CC2)ccn1. The molecule has 1 amide bonds. The van der Waals surface area contributed by atoms with Gasteiger partial charge in [0.25, 0.3) is 5.91 Å². The maximum Gasteiger partial charge on any atom is 0.251 e. The molecule has 0 radical (unpaired) electrons. The van der Waals surface area contributed by atoms with Crippen LogP contribution < -0.4 is 5.32 Å². The zero-order valence-electron chi connectivity index (χ0n) is 13.4. The van der Waals surface area contributed by atoms with Crippen molar-refractivity contribution in [2.24, 2.45) is 0 Å². The second-order valence-electron chi connectivity index (χ2n) is 6.01. The number of nitrogens with zero attached hydrogens (tertiary/aromatic N) is 2. The summed E-state index contributed by atoms with van der Waals surface area (Å²) in [5, 5.41) is 5.89. The lowest BCUT2D eigenvalue weighted by atomic mass is 9.94. The number of rotatable bonds is 4. The maximum absolute atomic E-state index is 12.3. The van der Waals surface area contributed by atoms with Crippen LogP contribution in [0.4, 0.5) is 0 Å². The molecule has 0 bridgehead atoms. The summed E-state index contributed by atoms with van der Waals surface area (Å²) >= 11 is 3.62. The van der Waals surface area contributed by atoms with Crippen LogP contribution in [0, 0.1) is 13.8 Å². The lowest BCUT2D eigenvalue weighted by molar-refractivity contribution is 0.0928. The second kappa shape index (κ2) is 7.45. The van der Waals surface area contributed by atoms with Crippen molar-refractivity contribution in [3.8, 4) is 0 Å². The van der Waals surface area contributed by atoms with Gasteiger partial charge in [-0.3, -0.25) is 9.78 Å². The molecule has 0 aromatic carbocycles. The van der Waals surface area contributed by atoms with Crippen molar-refractivity contribution in [2.45, 2.75) is 55.2 Å². The summed E-state index contributed by atoms with van der Waals surface area (Å²) in [5.74, 6) is 0.0159. The first-order valence-corrected chi connectivity index (χ1v) is 9.68. The van der Waals surface area contributed by atoms with Crippen LogP contribution in [0.25, 0.3) is 0 Å². The van der Waals surface area contributed by atoms with Crippen LogP contribution in [-0.2, 0) is 0 Å². The quantitative estimate of drug-likeness (QED) is 0.908. The number of thioether (sulfide) groups is 1. The van der Waals surface area contributed by atoms with E-state index in [1.165, 1.54) is 4.34 Å². The Morgan fingerprint density at radius 3 is 2.70 bits per heavy atom. The Morgan fingerprint density at radius 2 is 2.04 bits per heavy atom. The molecule has 6 heteroatoms. The minimum atomic E-state index is 0.0159. The smallest absolute Gasteiger partial charge is 0.251 e. The summed E-state index contributed by atoms with van der Waals surface area (Å²) in [6.07, 6.45) is 6.02. The molecule has 0 spiro atoms. The lowest BCUT2D eigenvalue weighted by Gasteiger charge is -2.28. The van der Waals surface area contributed by atoms with Gasteiger partial charge in [-0.1, -0.05) is 11.8 Å². The van der Waals surface area contributed by atoms with Crippen molar-refractivity contribution >= 4 is 29.0 Å². The van der Waals surface area contributed by atoms with Crippen LogP contribution in [-0.4, -0.2) is 27.2 Å². The molecule has 0 atom stereocenters. The average molecular weight is 348 g/mol. The number of carbonyl (C=O) groups excluding carboxylic acids is 1. The van der Waals surface area contributed by atoms with Gasteiger partial charge < -0.3 is 5.32 Å². The summed E-state index contributed by atoms with van der Waals surface area (Å²) in [6, 6.07) is 3.89. The Kier molecular flexibility index (Phi) is 5.33. The minimum Gasteiger partial charge on any atom is -0.349 e. The van der Waals surface area contributed by atoms with Crippen molar-refractivity contribution in [1.29, 1.82) is 0 Å². The number of aryl methyl sites for hydroxylation is 2. The van der Waals surface area contributed by atoms with E-state index in [1.807, 2.05) is 31.7 Å². The monoisotopic (exact) mass is 347 g/mol. The number of aromatic nitrogens is 2. The number of hydrogen-bond donors (Lipinski definition) is 1. The van der Waals surface area contributed by atoms with Gasteiger partial charge in [0, 0.05) is 39.8 Å². The molecule has 3 rings (SSSR count). The highest BCUT2D eigenvalue weighted by atomic mass is 32.2. The van der Waals surface area contributed by atoms with Crippen LogP contribution in [0.2, 0.25) is 0 Å². The highest BCUT2D eigenvalue weighted by molar-refractivity contribution is 8.01. The first kappa shape index (κ1) is 16.5. The topological polar surface area (TPSA) is 54.9 Å². The van der Waals surface area contributed by atoms with E-state index in [0.29, 0.717) is 10.8 Å². The van der Waals surface area contributed by atoms with E-state index >= 15 is 0 Å². The Morgan fingerprint density at radius 1 is 1.26 bits per heavy atom. The fourth-order valence-corrected chi connectivity index (χ4v) is 5.09. The highest BCUT2D eigenvalue weighted by Crippen LogP contribution is 2.35. The second-order valence-corrected chi connectivity index (χ2v) is 8.41. The minimum absolute atomic E-state index is 0.0159. The number of hydrogen-bond acceptors (Lipinski definition) is 5. The first-order valence-electron chi connectivity index (χ1n) is 7.92. The Balaban J connectivity index is 1.48. The molecule has 2 aromatic rings. The fourth-order valence-electron chi connectivity index (χ4n) is 2.81. The number of nitrogens with one attached hydrogen (secondary N) is 1. The fraction of sp³-hybridized carbons (Fsp3) is 0.471. The number of pyridine rings is 1. The number of amides is 1. The summed E-state index contributed by atoms with van der Waals surface area (Å²) in [5.41, 5.74) is 2.68. The van der Waals surface area contributed by atoms with Gasteiger partial charge in [0.1, 0.15) is 4.34 Å². The van der Waals surface area contributed by atoms with Gasteiger partial charge >= 0.3 is 0 Å². The predicted octanol–water partition coefficient (Wildman–Crippen LogP) is 3.99. The van der Waals surface area contributed by atoms with Gasteiger partial charge in [-0.25, -0.2) is 4.98 Å². The van der Waals surface area contributed by atoms with E-state index in [0.717, 1.165) is 37.1 Å². The lowest BCUT2D eigenvalue weighted by Crippen LogP contribution is -2.38. The molecular formula is C17H21N3OS2. The largest absolute Gasteiger partial charge is 0.349 e. The van der Waals surface area contributed by atoms with E-state index in [2.05, 4.69) is 20.7 Å². The number of carbonyl (C=O) groups is 1. The van der Waals surface area contributed by atoms with Crippen molar-refractivity contribution in [3.05, 3.63) is 40.7 Å². The van der Waals surface area contributed by atoms with Crippen molar-refractivity contribution in [1.82, 2.24) is 15.3 Å². The molecule has 2 heterocycles. The molecule has 0 unspecified atom stereocenters. The van der Waals surface area contributed by atoms with Crippen molar-refractivity contribution in [3.63, 3.8) is 0 Å². The van der Waals surface area contributed by atoms with E-state index < -0.39 is 0 Å².